The minimum absolute atomic E-state index is 0.161. The van der Waals surface area contributed by atoms with E-state index in [1.807, 2.05) is 24.3 Å². The highest BCUT2D eigenvalue weighted by Gasteiger charge is 2.07. The fourth-order valence-electron chi connectivity index (χ4n) is 1.96. The first-order chi connectivity index (χ1) is 10.2. The van der Waals surface area contributed by atoms with Crippen LogP contribution in [0.5, 0.6) is 0 Å². The van der Waals surface area contributed by atoms with Gasteiger partial charge in [0.25, 0.3) is 5.91 Å². The van der Waals surface area contributed by atoms with Crippen LogP contribution in [0.2, 0.25) is 0 Å². The van der Waals surface area contributed by atoms with Crippen LogP contribution in [0.15, 0.2) is 42.6 Å². The fourth-order valence-corrected chi connectivity index (χ4v) is 1.96. The Morgan fingerprint density at radius 3 is 2.76 bits per heavy atom. The Labute approximate surface area is 123 Å². The molecule has 2 aromatic rings. The van der Waals surface area contributed by atoms with E-state index in [1.54, 1.807) is 18.3 Å². The van der Waals surface area contributed by atoms with Gasteiger partial charge in [0.15, 0.2) is 0 Å². The highest BCUT2D eigenvalue weighted by molar-refractivity contribution is 6.02. The predicted molar refractivity (Wildman–Crippen MR) is 81.9 cm³/mol. The number of nitrogens with one attached hydrogen (secondary N) is 1. The van der Waals surface area contributed by atoms with Crippen LogP contribution in [0.3, 0.4) is 0 Å². The second-order valence-corrected chi connectivity index (χ2v) is 4.74. The topological polar surface area (TPSA) is 88.2 Å². The molecule has 1 aromatic carbocycles. The minimum atomic E-state index is -0.252. The Hall–Kier alpha value is -2.24. The van der Waals surface area contributed by atoms with E-state index in [-0.39, 0.29) is 12.5 Å². The number of aliphatic hydroxyl groups excluding tert-OH is 1. The van der Waals surface area contributed by atoms with Gasteiger partial charge in [-0.2, -0.15) is 0 Å². The van der Waals surface area contributed by atoms with Gasteiger partial charge in [-0.25, -0.2) is 0 Å². The zero-order valence-corrected chi connectivity index (χ0v) is 11.7. The first-order valence-electron chi connectivity index (χ1n) is 6.89. The van der Waals surface area contributed by atoms with Crippen molar-refractivity contribution in [1.82, 2.24) is 4.98 Å². The molecule has 110 valence electrons. The maximum absolute atomic E-state index is 12.1. The van der Waals surface area contributed by atoms with Gasteiger partial charge in [-0.15, -0.1) is 0 Å². The number of aryl methyl sites for hydroxylation is 1. The van der Waals surface area contributed by atoms with Gasteiger partial charge in [-0.3, -0.25) is 9.78 Å². The summed E-state index contributed by atoms with van der Waals surface area (Å²) in [6.45, 7) is 0.565. The Balaban J connectivity index is 2.04. The Bertz CT molecular complexity index is 597. The van der Waals surface area contributed by atoms with Crippen LogP contribution in [0.4, 0.5) is 5.69 Å². The van der Waals surface area contributed by atoms with E-state index in [2.05, 4.69) is 10.3 Å². The summed E-state index contributed by atoms with van der Waals surface area (Å²) in [6.07, 6.45) is 3.09. The van der Waals surface area contributed by atoms with E-state index in [9.17, 15) is 4.79 Å². The summed E-state index contributed by atoms with van der Waals surface area (Å²) >= 11 is 0. The molecule has 0 aliphatic rings. The van der Waals surface area contributed by atoms with Gasteiger partial charge < -0.3 is 16.2 Å². The number of hydrogen-bond acceptors (Lipinski definition) is 4. The Morgan fingerprint density at radius 2 is 2.10 bits per heavy atom. The minimum Gasteiger partial charge on any atom is -0.396 e. The summed E-state index contributed by atoms with van der Waals surface area (Å²) in [5.41, 5.74) is 8.54. The summed E-state index contributed by atoms with van der Waals surface area (Å²) in [7, 11) is 0. The van der Waals surface area contributed by atoms with Crippen molar-refractivity contribution in [2.24, 2.45) is 5.73 Å². The van der Waals surface area contributed by atoms with E-state index in [0.717, 1.165) is 23.2 Å². The van der Waals surface area contributed by atoms with Gasteiger partial charge in [0.05, 0.1) is 0 Å². The number of rotatable bonds is 6. The number of hydrogen-bond donors (Lipinski definition) is 3. The smallest absolute Gasteiger partial charge is 0.274 e. The van der Waals surface area contributed by atoms with Crippen molar-refractivity contribution in [3.8, 4) is 0 Å². The molecule has 0 aliphatic heterocycles. The van der Waals surface area contributed by atoms with Crippen molar-refractivity contribution < 1.29 is 9.90 Å². The van der Waals surface area contributed by atoms with E-state index >= 15 is 0 Å². The molecule has 0 fully saturated rings. The number of nitrogens with two attached hydrogens (primary N) is 1. The second-order valence-electron chi connectivity index (χ2n) is 4.74. The molecule has 0 unspecified atom stereocenters. The summed E-state index contributed by atoms with van der Waals surface area (Å²) in [5, 5.41) is 11.7. The molecule has 0 saturated heterocycles. The Kier molecular flexibility index (Phi) is 5.43. The number of carbonyl (C=O) groups is 1. The summed E-state index contributed by atoms with van der Waals surface area (Å²) < 4.78 is 0. The molecular weight excluding hydrogens is 266 g/mol. The van der Waals surface area contributed by atoms with E-state index in [4.69, 9.17) is 10.8 Å². The molecule has 1 amide bonds. The summed E-state index contributed by atoms with van der Waals surface area (Å²) in [4.78, 5) is 16.2. The number of amides is 1. The number of aromatic nitrogens is 1. The van der Waals surface area contributed by atoms with Crippen molar-refractivity contribution in [2.45, 2.75) is 19.4 Å². The third-order valence-electron chi connectivity index (χ3n) is 3.10. The third-order valence-corrected chi connectivity index (χ3v) is 3.10. The fraction of sp³-hybridized carbons (Fsp3) is 0.250. The van der Waals surface area contributed by atoms with E-state index in [0.29, 0.717) is 18.7 Å². The van der Waals surface area contributed by atoms with Gasteiger partial charge in [-0.1, -0.05) is 18.2 Å². The molecule has 1 aromatic heterocycles. The number of carbonyl (C=O) groups excluding carboxylic acids is 1. The van der Waals surface area contributed by atoms with Crippen molar-refractivity contribution in [1.29, 1.82) is 0 Å². The highest BCUT2D eigenvalue weighted by Crippen LogP contribution is 2.13. The van der Waals surface area contributed by atoms with Gasteiger partial charge in [0.2, 0.25) is 0 Å². The molecule has 4 N–H and O–H groups in total. The molecule has 0 bridgehead atoms. The number of pyridine rings is 1. The van der Waals surface area contributed by atoms with E-state index < -0.39 is 0 Å². The van der Waals surface area contributed by atoms with Crippen LogP contribution < -0.4 is 11.1 Å². The third kappa shape index (κ3) is 4.37. The molecule has 1 heterocycles. The molecule has 0 atom stereocenters. The zero-order chi connectivity index (χ0) is 15.1. The van der Waals surface area contributed by atoms with Crippen molar-refractivity contribution in [2.75, 3.05) is 11.9 Å². The lowest BCUT2D eigenvalue weighted by Gasteiger charge is -2.07. The maximum atomic E-state index is 12.1. The van der Waals surface area contributed by atoms with Crippen molar-refractivity contribution in [3.05, 3.63) is 59.4 Å². The second kappa shape index (κ2) is 7.52. The molecule has 0 saturated carbocycles. The average Bonchev–Trinajstić information content (AvgIpc) is 2.53. The van der Waals surface area contributed by atoms with Crippen LogP contribution in [-0.2, 0) is 13.0 Å². The molecule has 0 radical (unpaired) electrons. The summed E-state index contributed by atoms with van der Waals surface area (Å²) in [6, 6.07) is 11.0. The average molecular weight is 285 g/mol. The quantitative estimate of drug-likeness (QED) is 0.754. The van der Waals surface area contributed by atoms with Crippen LogP contribution >= 0.6 is 0 Å². The molecule has 2 rings (SSSR count). The number of benzene rings is 1. The largest absolute Gasteiger partial charge is 0.396 e. The van der Waals surface area contributed by atoms with Gasteiger partial charge in [-0.05, 0) is 42.2 Å². The van der Waals surface area contributed by atoms with Crippen LogP contribution in [0.25, 0.3) is 0 Å². The Morgan fingerprint density at radius 1 is 1.24 bits per heavy atom. The molecule has 5 nitrogen and oxygen atoms in total. The molecule has 0 aliphatic carbocycles. The monoisotopic (exact) mass is 285 g/mol. The van der Waals surface area contributed by atoms with Crippen LogP contribution in [0.1, 0.15) is 28.0 Å². The predicted octanol–water partition coefficient (Wildman–Crippen LogP) is 1.72. The lowest BCUT2D eigenvalue weighted by Crippen LogP contribution is -2.14. The van der Waals surface area contributed by atoms with Gasteiger partial charge in [0, 0.05) is 25.0 Å². The van der Waals surface area contributed by atoms with Crippen LogP contribution in [0, 0.1) is 0 Å². The normalized spacial score (nSPS) is 10.4. The van der Waals surface area contributed by atoms with Crippen molar-refractivity contribution >= 4 is 11.6 Å². The molecule has 21 heavy (non-hydrogen) atoms. The first-order valence-corrected chi connectivity index (χ1v) is 6.89. The molecule has 0 spiro atoms. The molecule has 5 heteroatoms. The zero-order valence-electron chi connectivity index (χ0n) is 11.7. The maximum Gasteiger partial charge on any atom is 0.274 e. The van der Waals surface area contributed by atoms with Gasteiger partial charge in [0.1, 0.15) is 5.69 Å². The number of anilines is 1. The number of nitrogens with zero attached hydrogens (tertiary/aromatic N) is 1. The standard InChI is InChI=1S/C16H19N3O2/c17-10-13-6-7-15(18-11-13)16(21)19-14-5-1-3-12(9-14)4-2-8-20/h1,3,5-7,9,11,20H,2,4,8,10,17H2,(H,19,21). The number of aliphatic hydroxyl groups is 1. The summed E-state index contributed by atoms with van der Waals surface area (Å²) in [5.74, 6) is -0.252. The van der Waals surface area contributed by atoms with Gasteiger partial charge >= 0.3 is 0 Å². The van der Waals surface area contributed by atoms with Crippen LogP contribution in [-0.4, -0.2) is 22.6 Å². The lowest BCUT2D eigenvalue weighted by atomic mass is 10.1. The molecular formula is C16H19N3O2. The lowest BCUT2D eigenvalue weighted by molar-refractivity contribution is 0.102. The first kappa shape index (κ1) is 15.2. The SMILES string of the molecule is NCc1ccc(C(=O)Nc2cccc(CCCO)c2)nc1. The highest BCUT2D eigenvalue weighted by atomic mass is 16.2. The van der Waals surface area contributed by atoms with Crippen molar-refractivity contribution in [3.63, 3.8) is 0 Å². The van der Waals surface area contributed by atoms with E-state index in [1.165, 1.54) is 0 Å².